The predicted molar refractivity (Wildman–Crippen MR) is 95.4 cm³/mol. The predicted octanol–water partition coefficient (Wildman–Crippen LogP) is 1.86. The van der Waals surface area contributed by atoms with Gasteiger partial charge in [-0.15, -0.1) is 0 Å². The third-order valence-electron chi connectivity index (χ3n) is 4.56. The molecule has 0 amide bonds. The van der Waals surface area contributed by atoms with Crippen molar-refractivity contribution in [3.8, 4) is 0 Å². The van der Waals surface area contributed by atoms with Crippen LogP contribution in [0, 0.1) is 5.82 Å². The Morgan fingerprint density at radius 2 is 2.08 bits per heavy atom. The van der Waals surface area contributed by atoms with Crippen molar-refractivity contribution in [2.75, 3.05) is 20.1 Å². The summed E-state index contributed by atoms with van der Waals surface area (Å²) in [6, 6.07) is 5.81. The number of halogens is 1. The van der Waals surface area contributed by atoms with Gasteiger partial charge in [0.05, 0.1) is 6.61 Å². The molecule has 5 nitrogen and oxygen atoms in total. The van der Waals surface area contributed by atoms with Crippen molar-refractivity contribution in [2.45, 2.75) is 51.9 Å². The number of aliphatic imine (C=N–C) groups is 1. The lowest BCUT2D eigenvalue weighted by molar-refractivity contribution is 0.167. The number of aliphatic hydroxyl groups is 1. The minimum Gasteiger partial charge on any atom is -0.392 e. The number of aliphatic hydroxyl groups excluding tert-OH is 1. The third-order valence-corrected chi connectivity index (χ3v) is 4.56. The number of hydrogen-bond donors (Lipinski definition) is 3. The highest BCUT2D eigenvalue weighted by Gasteiger charge is 2.21. The van der Waals surface area contributed by atoms with Crippen LogP contribution >= 0.6 is 0 Å². The van der Waals surface area contributed by atoms with Crippen LogP contribution in [-0.2, 0) is 13.2 Å². The van der Waals surface area contributed by atoms with Gasteiger partial charge in [0.2, 0.25) is 0 Å². The Morgan fingerprint density at radius 1 is 1.38 bits per heavy atom. The van der Waals surface area contributed by atoms with E-state index in [0.717, 1.165) is 37.5 Å². The molecule has 0 unspecified atom stereocenters. The second-order valence-electron chi connectivity index (χ2n) is 6.56. The van der Waals surface area contributed by atoms with E-state index in [2.05, 4.69) is 34.4 Å². The van der Waals surface area contributed by atoms with Crippen molar-refractivity contribution in [2.24, 2.45) is 4.99 Å². The van der Waals surface area contributed by atoms with Crippen molar-refractivity contribution in [3.05, 3.63) is 35.1 Å². The highest BCUT2D eigenvalue weighted by Crippen LogP contribution is 2.13. The van der Waals surface area contributed by atoms with Gasteiger partial charge in [-0.2, -0.15) is 0 Å². The van der Waals surface area contributed by atoms with Crippen molar-refractivity contribution in [1.82, 2.24) is 15.5 Å². The number of guanidine groups is 1. The van der Waals surface area contributed by atoms with E-state index < -0.39 is 0 Å². The van der Waals surface area contributed by atoms with Gasteiger partial charge in [0.25, 0.3) is 0 Å². The summed E-state index contributed by atoms with van der Waals surface area (Å²) in [5, 5.41) is 15.9. The molecule has 1 heterocycles. The van der Waals surface area contributed by atoms with E-state index in [4.69, 9.17) is 5.11 Å². The largest absolute Gasteiger partial charge is 0.392 e. The van der Waals surface area contributed by atoms with Gasteiger partial charge in [0.1, 0.15) is 5.82 Å². The average Bonchev–Trinajstić information content (AvgIpc) is 2.60. The van der Waals surface area contributed by atoms with Gasteiger partial charge in [-0.3, -0.25) is 4.99 Å². The molecule has 1 aliphatic heterocycles. The lowest BCUT2D eigenvalue weighted by Crippen LogP contribution is -2.49. The highest BCUT2D eigenvalue weighted by molar-refractivity contribution is 5.79. The van der Waals surface area contributed by atoms with Crippen LogP contribution in [0.5, 0.6) is 0 Å². The van der Waals surface area contributed by atoms with E-state index in [1.807, 2.05) is 0 Å². The number of nitrogens with zero attached hydrogens (tertiary/aromatic N) is 2. The van der Waals surface area contributed by atoms with Gasteiger partial charge in [0, 0.05) is 44.3 Å². The SMILES string of the molecule is CN=C(NCc1ccc(F)c(CO)c1)NC1CCN(C(C)C)CC1. The number of nitrogens with one attached hydrogen (secondary N) is 2. The molecule has 6 heteroatoms. The summed E-state index contributed by atoms with van der Waals surface area (Å²) in [5.41, 5.74) is 1.23. The van der Waals surface area contributed by atoms with Crippen molar-refractivity contribution in [1.29, 1.82) is 0 Å². The molecule has 1 aliphatic rings. The summed E-state index contributed by atoms with van der Waals surface area (Å²) in [7, 11) is 1.75. The molecule has 1 aromatic rings. The van der Waals surface area contributed by atoms with E-state index in [0.29, 0.717) is 24.2 Å². The molecule has 0 atom stereocenters. The van der Waals surface area contributed by atoms with Crippen molar-refractivity contribution < 1.29 is 9.50 Å². The minimum absolute atomic E-state index is 0.291. The Bertz CT molecular complexity index is 554. The fourth-order valence-corrected chi connectivity index (χ4v) is 2.99. The van der Waals surface area contributed by atoms with Gasteiger partial charge in [-0.1, -0.05) is 6.07 Å². The van der Waals surface area contributed by atoms with Crippen LogP contribution in [0.2, 0.25) is 0 Å². The first kappa shape index (κ1) is 18.7. The number of benzene rings is 1. The normalized spacial score (nSPS) is 17.3. The van der Waals surface area contributed by atoms with Gasteiger partial charge in [-0.25, -0.2) is 4.39 Å². The molecule has 2 rings (SSSR count). The van der Waals surface area contributed by atoms with Crippen LogP contribution in [0.4, 0.5) is 4.39 Å². The van der Waals surface area contributed by atoms with E-state index in [9.17, 15) is 4.39 Å². The van der Waals surface area contributed by atoms with E-state index >= 15 is 0 Å². The number of likely N-dealkylation sites (tertiary alicyclic amines) is 1. The molecule has 3 N–H and O–H groups in total. The Kier molecular flexibility index (Phi) is 6.99. The number of piperidine rings is 1. The monoisotopic (exact) mass is 336 g/mol. The number of rotatable bonds is 5. The smallest absolute Gasteiger partial charge is 0.191 e. The van der Waals surface area contributed by atoms with Crippen LogP contribution in [0.25, 0.3) is 0 Å². The molecular formula is C18H29FN4O. The fourth-order valence-electron chi connectivity index (χ4n) is 2.99. The molecule has 0 aliphatic carbocycles. The maximum atomic E-state index is 13.4. The summed E-state index contributed by atoms with van der Waals surface area (Å²) in [6.45, 7) is 6.92. The molecule has 1 saturated heterocycles. The minimum atomic E-state index is -0.374. The first-order valence-corrected chi connectivity index (χ1v) is 8.63. The zero-order chi connectivity index (χ0) is 17.5. The summed E-state index contributed by atoms with van der Waals surface area (Å²) in [4.78, 5) is 6.76. The fraction of sp³-hybridized carbons (Fsp3) is 0.611. The topological polar surface area (TPSA) is 59.9 Å². The molecule has 1 aromatic carbocycles. The molecule has 0 saturated carbocycles. The van der Waals surface area contributed by atoms with Gasteiger partial charge in [0.15, 0.2) is 5.96 Å². The summed E-state index contributed by atoms with van der Waals surface area (Å²) in [5.74, 6) is 0.383. The van der Waals surface area contributed by atoms with Crippen LogP contribution in [0.15, 0.2) is 23.2 Å². The quantitative estimate of drug-likeness (QED) is 0.567. The van der Waals surface area contributed by atoms with Crippen LogP contribution in [0.1, 0.15) is 37.8 Å². The van der Waals surface area contributed by atoms with E-state index in [-0.39, 0.29) is 12.4 Å². The average molecular weight is 336 g/mol. The molecule has 1 fully saturated rings. The summed E-state index contributed by atoms with van der Waals surface area (Å²) in [6.07, 6.45) is 2.20. The Morgan fingerprint density at radius 3 is 2.67 bits per heavy atom. The summed E-state index contributed by atoms with van der Waals surface area (Å²) < 4.78 is 13.4. The Hall–Kier alpha value is -1.66. The molecule has 134 valence electrons. The second-order valence-corrected chi connectivity index (χ2v) is 6.56. The number of hydrogen-bond acceptors (Lipinski definition) is 3. The third kappa shape index (κ3) is 5.18. The van der Waals surface area contributed by atoms with E-state index in [1.54, 1.807) is 19.2 Å². The highest BCUT2D eigenvalue weighted by atomic mass is 19.1. The first-order chi connectivity index (χ1) is 11.5. The van der Waals surface area contributed by atoms with Crippen LogP contribution < -0.4 is 10.6 Å². The molecule has 0 aromatic heterocycles. The van der Waals surface area contributed by atoms with Crippen LogP contribution in [0.3, 0.4) is 0 Å². The first-order valence-electron chi connectivity index (χ1n) is 8.63. The standard InChI is InChI=1S/C18H29FN4O/c1-13(2)23-8-6-16(7-9-23)22-18(20-3)21-11-14-4-5-17(19)15(10-14)12-24/h4-5,10,13,16,24H,6-9,11-12H2,1-3H3,(H2,20,21,22). The van der Waals surface area contributed by atoms with Gasteiger partial charge >= 0.3 is 0 Å². The van der Waals surface area contributed by atoms with E-state index in [1.165, 1.54) is 6.07 Å². The molecule has 0 radical (unpaired) electrons. The van der Waals surface area contributed by atoms with Crippen LogP contribution in [-0.4, -0.2) is 48.2 Å². The molecule has 24 heavy (non-hydrogen) atoms. The van der Waals surface area contributed by atoms with Gasteiger partial charge < -0.3 is 20.6 Å². The lowest BCUT2D eigenvalue weighted by atomic mass is 10.0. The molecule has 0 spiro atoms. The summed E-state index contributed by atoms with van der Waals surface area (Å²) >= 11 is 0. The Balaban J connectivity index is 1.83. The van der Waals surface area contributed by atoms with Crippen molar-refractivity contribution >= 4 is 5.96 Å². The zero-order valence-electron chi connectivity index (χ0n) is 14.8. The lowest BCUT2D eigenvalue weighted by Gasteiger charge is -2.35. The molecular weight excluding hydrogens is 307 g/mol. The Labute approximate surface area is 144 Å². The second kappa shape index (κ2) is 8.99. The maximum Gasteiger partial charge on any atom is 0.191 e. The molecule has 0 bridgehead atoms. The van der Waals surface area contributed by atoms with Crippen molar-refractivity contribution in [3.63, 3.8) is 0 Å². The van der Waals surface area contributed by atoms with Gasteiger partial charge in [-0.05, 0) is 44.4 Å². The zero-order valence-corrected chi connectivity index (χ0v) is 14.8. The maximum absolute atomic E-state index is 13.4.